The number of aliphatic carboxylic acids is 1. The SMILES string of the molecule is COc1ccc(CC(=O)O)cc1C(=O)C=Cc1ccc(OCC=Cc2ccccc2)cc1. The number of hydrogen-bond acceptors (Lipinski definition) is 4. The first-order valence-corrected chi connectivity index (χ1v) is 10.1. The average Bonchev–Trinajstić information content (AvgIpc) is 2.81. The Bertz CT molecular complexity index is 1110. The number of ether oxygens (including phenoxy) is 2. The molecule has 32 heavy (non-hydrogen) atoms. The second-order valence-electron chi connectivity index (χ2n) is 7.00. The number of hydrogen-bond donors (Lipinski definition) is 1. The first kappa shape index (κ1) is 22.6. The fourth-order valence-electron chi connectivity index (χ4n) is 3.06. The molecular formula is C27H24O5. The van der Waals surface area contributed by atoms with E-state index in [4.69, 9.17) is 14.6 Å². The summed E-state index contributed by atoms with van der Waals surface area (Å²) in [4.78, 5) is 23.6. The van der Waals surface area contributed by atoms with Crippen LogP contribution in [-0.2, 0) is 11.2 Å². The topological polar surface area (TPSA) is 72.8 Å². The Morgan fingerprint density at radius 2 is 1.62 bits per heavy atom. The molecule has 3 aromatic carbocycles. The minimum absolute atomic E-state index is 0.157. The molecule has 0 atom stereocenters. The maximum absolute atomic E-state index is 12.6. The summed E-state index contributed by atoms with van der Waals surface area (Å²) in [5, 5.41) is 8.97. The van der Waals surface area contributed by atoms with Crippen molar-refractivity contribution in [3.8, 4) is 11.5 Å². The van der Waals surface area contributed by atoms with E-state index in [2.05, 4.69) is 0 Å². The van der Waals surface area contributed by atoms with Gasteiger partial charge in [0.2, 0.25) is 0 Å². The van der Waals surface area contributed by atoms with Gasteiger partial charge in [-0.15, -0.1) is 0 Å². The Hall–Kier alpha value is -4.12. The van der Waals surface area contributed by atoms with Gasteiger partial charge in [0.15, 0.2) is 5.78 Å². The van der Waals surface area contributed by atoms with Crippen LogP contribution >= 0.6 is 0 Å². The molecule has 162 valence electrons. The van der Waals surface area contributed by atoms with Gasteiger partial charge in [-0.2, -0.15) is 0 Å². The van der Waals surface area contributed by atoms with Crippen molar-refractivity contribution >= 4 is 23.9 Å². The highest BCUT2D eigenvalue weighted by atomic mass is 16.5. The molecule has 3 rings (SSSR count). The zero-order valence-corrected chi connectivity index (χ0v) is 17.7. The predicted octanol–water partition coefficient (Wildman–Crippen LogP) is 5.31. The van der Waals surface area contributed by atoms with E-state index >= 15 is 0 Å². The van der Waals surface area contributed by atoms with Gasteiger partial charge in [-0.05, 0) is 53.1 Å². The average molecular weight is 428 g/mol. The van der Waals surface area contributed by atoms with Crippen LogP contribution in [0.1, 0.15) is 27.0 Å². The number of allylic oxidation sites excluding steroid dienone is 1. The molecule has 0 saturated heterocycles. The third kappa shape index (κ3) is 6.71. The smallest absolute Gasteiger partial charge is 0.307 e. The lowest BCUT2D eigenvalue weighted by molar-refractivity contribution is -0.136. The van der Waals surface area contributed by atoms with E-state index in [1.54, 1.807) is 24.3 Å². The summed E-state index contributed by atoms with van der Waals surface area (Å²) < 4.78 is 11.0. The van der Waals surface area contributed by atoms with E-state index in [9.17, 15) is 9.59 Å². The van der Waals surface area contributed by atoms with E-state index in [1.807, 2.05) is 66.7 Å². The van der Waals surface area contributed by atoms with Crippen molar-refractivity contribution in [1.82, 2.24) is 0 Å². The second kappa shape index (κ2) is 11.3. The van der Waals surface area contributed by atoms with Crippen LogP contribution in [0.15, 0.2) is 84.9 Å². The number of methoxy groups -OCH3 is 1. The molecule has 0 aliphatic heterocycles. The highest BCUT2D eigenvalue weighted by molar-refractivity contribution is 6.08. The molecule has 5 heteroatoms. The first-order valence-electron chi connectivity index (χ1n) is 10.1. The normalized spacial score (nSPS) is 11.0. The second-order valence-corrected chi connectivity index (χ2v) is 7.00. The summed E-state index contributed by atoms with van der Waals surface area (Å²) in [7, 11) is 1.47. The summed E-state index contributed by atoms with van der Waals surface area (Å²) in [6.07, 6.45) is 6.94. The van der Waals surface area contributed by atoms with Crippen molar-refractivity contribution in [2.24, 2.45) is 0 Å². The van der Waals surface area contributed by atoms with Gasteiger partial charge in [0.1, 0.15) is 18.1 Å². The fraction of sp³-hybridized carbons (Fsp3) is 0.111. The zero-order valence-electron chi connectivity index (χ0n) is 17.7. The highest BCUT2D eigenvalue weighted by Crippen LogP contribution is 2.22. The molecule has 5 nitrogen and oxygen atoms in total. The monoisotopic (exact) mass is 428 g/mol. The Morgan fingerprint density at radius 3 is 2.31 bits per heavy atom. The van der Waals surface area contributed by atoms with E-state index in [0.29, 0.717) is 23.5 Å². The van der Waals surface area contributed by atoms with Crippen molar-refractivity contribution in [1.29, 1.82) is 0 Å². The van der Waals surface area contributed by atoms with Crippen LogP contribution in [0.3, 0.4) is 0 Å². The van der Waals surface area contributed by atoms with Crippen LogP contribution < -0.4 is 9.47 Å². The fourth-order valence-corrected chi connectivity index (χ4v) is 3.06. The van der Waals surface area contributed by atoms with Crippen molar-refractivity contribution in [3.63, 3.8) is 0 Å². The van der Waals surface area contributed by atoms with Gasteiger partial charge in [-0.1, -0.05) is 60.7 Å². The van der Waals surface area contributed by atoms with Crippen LogP contribution in [0.4, 0.5) is 0 Å². The maximum atomic E-state index is 12.6. The van der Waals surface area contributed by atoms with Crippen molar-refractivity contribution in [2.45, 2.75) is 6.42 Å². The number of ketones is 1. The van der Waals surface area contributed by atoms with Gasteiger partial charge < -0.3 is 14.6 Å². The number of carboxylic acids is 1. The molecule has 0 radical (unpaired) electrons. The lowest BCUT2D eigenvalue weighted by atomic mass is 10.0. The molecule has 0 bridgehead atoms. The van der Waals surface area contributed by atoms with Gasteiger partial charge >= 0.3 is 5.97 Å². The molecule has 0 heterocycles. The number of carbonyl (C=O) groups is 2. The van der Waals surface area contributed by atoms with E-state index in [-0.39, 0.29) is 12.2 Å². The third-order valence-corrected chi connectivity index (χ3v) is 4.65. The lowest BCUT2D eigenvalue weighted by Crippen LogP contribution is -2.04. The molecule has 0 amide bonds. The summed E-state index contributed by atoms with van der Waals surface area (Å²) in [6.45, 7) is 0.453. The molecule has 0 fully saturated rings. The molecule has 1 N–H and O–H groups in total. The molecule has 0 aliphatic carbocycles. The molecule has 0 aromatic heterocycles. The Balaban J connectivity index is 1.60. The Morgan fingerprint density at radius 1 is 0.906 bits per heavy atom. The summed E-state index contributed by atoms with van der Waals surface area (Å²) in [5.74, 6) is -0.0854. The van der Waals surface area contributed by atoms with Crippen LogP contribution in [-0.4, -0.2) is 30.6 Å². The van der Waals surface area contributed by atoms with Crippen molar-refractivity contribution in [2.75, 3.05) is 13.7 Å². The summed E-state index contributed by atoms with van der Waals surface area (Å²) >= 11 is 0. The lowest BCUT2D eigenvalue weighted by Gasteiger charge is -2.08. The standard InChI is InChI=1S/C27H24O5/c1-31-26-16-12-22(19-27(29)30)18-24(26)25(28)15-11-21-9-13-23(14-10-21)32-17-5-8-20-6-3-2-4-7-20/h2-16,18H,17,19H2,1H3,(H,29,30). The Kier molecular flexibility index (Phi) is 7.98. The number of carbonyl (C=O) groups excluding carboxylic acids is 1. The van der Waals surface area contributed by atoms with Crippen molar-refractivity contribution in [3.05, 3.63) is 107 Å². The maximum Gasteiger partial charge on any atom is 0.307 e. The third-order valence-electron chi connectivity index (χ3n) is 4.65. The van der Waals surface area contributed by atoms with Crippen LogP contribution in [0.5, 0.6) is 11.5 Å². The quantitative estimate of drug-likeness (QED) is 0.350. The van der Waals surface area contributed by atoms with E-state index < -0.39 is 5.97 Å². The van der Waals surface area contributed by atoms with Gasteiger partial charge in [-0.3, -0.25) is 9.59 Å². The number of rotatable bonds is 10. The largest absolute Gasteiger partial charge is 0.496 e. The molecular weight excluding hydrogens is 404 g/mol. The molecule has 0 unspecified atom stereocenters. The predicted molar refractivity (Wildman–Crippen MR) is 125 cm³/mol. The van der Waals surface area contributed by atoms with Gasteiger partial charge in [0.25, 0.3) is 0 Å². The van der Waals surface area contributed by atoms with Crippen LogP contribution in [0.2, 0.25) is 0 Å². The van der Waals surface area contributed by atoms with E-state index in [0.717, 1.165) is 16.9 Å². The number of carboxylic acid groups (broad SMARTS) is 1. The van der Waals surface area contributed by atoms with Crippen molar-refractivity contribution < 1.29 is 24.2 Å². The zero-order chi connectivity index (χ0) is 22.8. The molecule has 0 spiro atoms. The van der Waals surface area contributed by atoms with Crippen LogP contribution in [0, 0.1) is 0 Å². The molecule has 0 saturated carbocycles. The minimum atomic E-state index is -0.957. The summed E-state index contributed by atoms with van der Waals surface area (Å²) in [6, 6.07) is 22.2. The van der Waals surface area contributed by atoms with Gasteiger partial charge in [0.05, 0.1) is 19.1 Å². The number of benzene rings is 3. The highest BCUT2D eigenvalue weighted by Gasteiger charge is 2.12. The minimum Gasteiger partial charge on any atom is -0.496 e. The van der Waals surface area contributed by atoms with Crippen LogP contribution in [0.25, 0.3) is 12.2 Å². The summed E-state index contributed by atoms with van der Waals surface area (Å²) in [5.41, 5.74) is 2.82. The van der Waals surface area contributed by atoms with Gasteiger partial charge in [0, 0.05) is 0 Å². The molecule has 3 aromatic rings. The first-order chi connectivity index (χ1) is 15.5. The van der Waals surface area contributed by atoms with Gasteiger partial charge in [-0.25, -0.2) is 0 Å². The Labute approximate surface area is 187 Å². The molecule has 0 aliphatic rings. The van der Waals surface area contributed by atoms with E-state index in [1.165, 1.54) is 13.2 Å².